The minimum absolute atomic E-state index is 0.538. The number of nitrogens with two attached hydrogens (primary N) is 1. The Hall–Kier alpha value is -2.23. The van der Waals surface area contributed by atoms with Gasteiger partial charge in [0.2, 0.25) is 5.88 Å². The summed E-state index contributed by atoms with van der Waals surface area (Å²) in [6, 6.07) is 12.1. The Morgan fingerprint density at radius 1 is 1.29 bits per heavy atom. The van der Waals surface area contributed by atoms with Gasteiger partial charge in [-0.05, 0) is 43.4 Å². The van der Waals surface area contributed by atoms with Crippen LogP contribution >= 0.6 is 0 Å². The van der Waals surface area contributed by atoms with Gasteiger partial charge in [-0.1, -0.05) is 29.8 Å². The van der Waals surface area contributed by atoms with Crippen LogP contribution in [0.1, 0.15) is 24.0 Å². The maximum absolute atomic E-state index is 5.91. The molecule has 0 bridgehead atoms. The molecule has 0 spiro atoms. The van der Waals surface area contributed by atoms with Gasteiger partial charge in [-0.2, -0.15) is 4.98 Å². The average Bonchev–Trinajstić information content (AvgIpc) is 3.29. The number of aromatic nitrogens is 1. The molecule has 4 nitrogen and oxygen atoms in total. The van der Waals surface area contributed by atoms with E-state index in [-0.39, 0.29) is 0 Å². The number of nitrogens with zero attached hydrogens (tertiary/aromatic N) is 1. The molecule has 21 heavy (non-hydrogen) atoms. The fraction of sp³-hybridized carbons (Fsp3) is 0.353. The first-order valence-corrected chi connectivity index (χ1v) is 7.39. The summed E-state index contributed by atoms with van der Waals surface area (Å²) >= 11 is 0. The van der Waals surface area contributed by atoms with E-state index in [9.17, 15) is 0 Å². The third kappa shape index (κ3) is 3.88. The fourth-order valence-corrected chi connectivity index (χ4v) is 2.16. The predicted molar refractivity (Wildman–Crippen MR) is 85.4 cm³/mol. The summed E-state index contributed by atoms with van der Waals surface area (Å²) in [4.78, 5) is 4.45. The van der Waals surface area contributed by atoms with Crippen LogP contribution in [0.25, 0.3) is 0 Å². The zero-order valence-corrected chi connectivity index (χ0v) is 12.3. The molecule has 0 radical (unpaired) electrons. The normalized spacial score (nSPS) is 14.0. The van der Waals surface area contributed by atoms with Gasteiger partial charge in [0.1, 0.15) is 5.82 Å². The number of nitrogen functional groups attached to an aromatic ring is 1. The number of anilines is 2. The van der Waals surface area contributed by atoms with Crippen LogP contribution in [0.2, 0.25) is 0 Å². The van der Waals surface area contributed by atoms with Gasteiger partial charge in [0.15, 0.2) is 0 Å². The number of hydrogen-bond acceptors (Lipinski definition) is 4. The Labute approximate surface area is 125 Å². The van der Waals surface area contributed by atoms with Crippen LogP contribution in [-0.4, -0.2) is 11.6 Å². The van der Waals surface area contributed by atoms with E-state index in [0.29, 0.717) is 17.5 Å². The summed E-state index contributed by atoms with van der Waals surface area (Å²) in [5.41, 5.74) is 8.99. The molecule has 3 rings (SSSR count). The zero-order valence-electron chi connectivity index (χ0n) is 12.3. The topological polar surface area (TPSA) is 60.2 Å². The second-order valence-electron chi connectivity index (χ2n) is 5.69. The number of ether oxygens (including phenoxy) is 1. The highest BCUT2D eigenvalue weighted by atomic mass is 16.5. The lowest BCUT2D eigenvalue weighted by Gasteiger charge is -2.11. The lowest BCUT2D eigenvalue weighted by molar-refractivity contribution is 0.290. The lowest BCUT2D eigenvalue weighted by Crippen LogP contribution is -2.07. The van der Waals surface area contributed by atoms with E-state index in [0.717, 1.165) is 19.0 Å². The predicted octanol–water partition coefficient (Wildman–Crippen LogP) is 3.37. The highest BCUT2D eigenvalue weighted by Crippen LogP contribution is 2.30. The van der Waals surface area contributed by atoms with Crippen molar-refractivity contribution in [2.24, 2.45) is 5.92 Å². The Morgan fingerprint density at radius 3 is 2.90 bits per heavy atom. The maximum Gasteiger partial charge on any atom is 0.239 e. The average molecular weight is 283 g/mol. The molecular weight excluding hydrogens is 262 g/mol. The van der Waals surface area contributed by atoms with Crippen LogP contribution in [0.4, 0.5) is 11.5 Å². The minimum Gasteiger partial charge on any atom is -0.476 e. The van der Waals surface area contributed by atoms with Gasteiger partial charge >= 0.3 is 0 Å². The first kappa shape index (κ1) is 13.7. The van der Waals surface area contributed by atoms with Crippen LogP contribution in [-0.2, 0) is 6.54 Å². The van der Waals surface area contributed by atoms with Gasteiger partial charge in [-0.3, -0.25) is 0 Å². The number of rotatable bonds is 6. The van der Waals surface area contributed by atoms with Crippen molar-refractivity contribution in [2.45, 2.75) is 26.3 Å². The minimum atomic E-state index is 0.538. The SMILES string of the molecule is Cc1cccc(CNc2ccc(N)c(OCC3CC3)n2)c1. The zero-order chi connectivity index (χ0) is 14.7. The molecule has 0 aliphatic heterocycles. The summed E-state index contributed by atoms with van der Waals surface area (Å²) in [6.07, 6.45) is 2.51. The molecule has 1 aromatic heterocycles. The number of benzene rings is 1. The Kier molecular flexibility index (Phi) is 3.95. The summed E-state index contributed by atoms with van der Waals surface area (Å²) in [6.45, 7) is 3.55. The molecule has 1 aliphatic rings. The number of aryl methyl sites for hydroxylation is 1. The summed E-state index contributed by atoms with van der Waals surface area (Å²) in [5, 5.41) is 3.31. The van der Waals surface area contributed by atoms with Crippen molar-refractivity contribution in [3.63, 3.8) is 0 Å². The van der Waals surface area contributed by atoms with Crippen LogP contribution in [0.15, 0.2) is 36.4 Å². The fourth-order valence-electron chi connectivity index (χ4n) is 2.16. The lowest BCUT2D eigenvalue weighted by atomic mass is 10.1. The van der Waals surface area contributed by atoms with Gasteiger partial charge in [0.25, 0.3) is 0 Å². The van der Waals surface area contributed by atoms with Crippen LogP contribution < -0.4 is 15.8 Å². The molecule has 0 unspecified atom stereocenters. The van der Waals surface area contributed by atoms with Gasteiger partial charge in [-0.15, -0.1) is 0 Å². The van der Waals surface area contributed by atoms with E-state index in [1.807, 2.05) is 12.1 Å². The largest absolute Gasteiger partial charge is 0.476 e. The highest BCUT2D eigenvalue weighted by molar-refractivity contribution is 5.53. The van der Waals surface area contributed by atoms with Crippen molar-refractivity contribution in [3.05, 3.63) is 47.5 Å². The number of nitrogens with one attached hydrogen (secondary N) is 1. The monoisotopic (exact) mass is 283 g/mol. The van der Waals surface area contributed by atoms with Gasteiger partial charge in [0, 0.05) is 6.54 Å². The third-order valence-corrected chi connectivity index (χ3v) is 3.60. The van der Waals surface area contributed by atoms with Crippen molar-refractivity contribution < 1.29 is 4.74 Å². The number of pyridine rings is 1. The van der Waals surface area contributed by atoms with E-state index < -0.39 is 0 Å². The van der Waals surface area contributed by atoms with Crippen molar-refractivity contribution in [1.82, 2.24) is 4.98 Å². The Balaban J connectivity index is 1.63. The standard InChI is InChI=1S/C17H21N3O/c1-12-3-2-4-14(9-12)10-19-16-8-7-15(18)17(20-16)21-11-13-5-6-13/h2-4,7-9,13H,5-6,10-11,18H2,1H3,(H,19,20). The van der Waals surface area contributed by atoms with Gasteiger partial charge in [-0.25, -0.2) is 0 Å². The van der Waals surface area contributed by atoms with Crippen molar-refractivity contribution in [3.8, 4) is 5.88 Å². The second-order valence-corrected chi connectivity index (χ2v) is 5.69. The molecule has 1 saturated carbocycles. The van der Waals surface area contributed by atoms with E-state index in [4.69, 9.17) is 10.5 Å². The summed E-state index contributed by atoms with van der Waals surface area (Å²) < 4.78 is 5.70. The van der Waals surface area contributed by atoms with E-state index in [2.05, 4.69) is 41.5 Å². The molecule has 2 aromatic rings. The van der Waals surface area contributed by atoms with Crippen LogP contribution in [0, 0.1) is 12.8 Å². The van der Waals surface area contributed by atoms with Crippen molar-refractivity contribution >= 4 is 11.5 Å². The van der Waals surface area contributed by atoms with E-state index in [1.165, 1.54) is 24.0 Å². The molecule has 0 atom stereocenters. The smallest absolute Gasteiger partial charge is 0.239 e. The quantitative estimate of drug-likeness (QED) is 0.853. The Bertz CT molecular complexity index is 623. The molecule has 1 heterocycles. The molecule has 1 fully saturated rings. The molecule has 1 aliphatic carbocycles. The molecule has 0 saturated heterocycles. The van der Waals surface area contributed by atoms with Crippen LogP contribution in [0.3, 0.4) is 0 Å². The molecule has 1 aromatic carbocycles. The molecule has 4 heteroatoms. The van der Waals surface area contributed by atoms with Gasteiger partial charge < -0.3 is 15.8 Å². The van der Waals surface area contributed by atoms with E-state index >= 15 is 0 Å². The summed E-state index contributed by atoms with van der Waals surface area (Å²) in [7, 11) is 0. The van der Waals surface area contributed by atoms with Crippen molar-refractivity contribution in [1.29, 1.82) is 0 Å². The first-order chi connectivity index (χ1) is 10.2. The summed E-state index contributed by atoms with van der Waals surface area (Å²) in [5.74, 6) is 2.02. The third-order valence-electron chi connectivity index (χ3n) is 3.60. The maximum atomic E-state index is 5.91. The second kappa shape index (κ2) is 6.04. The Morgan fingerprint density at radius 2 is 2.14 bits per heavy atom. The molecule has 110 valence electrons. The molecular formula is C17H21N3O. The first-order valence-electron chi connectivity index (χ1n) is 7.39. The molecule has 3 N–H and O–H groups in total. The van der Waals surface area contributed by atoms with E-state index in [1.54, 1.807) is 0 Å². The molecule has 0 amide bonds. The van der Waals surface area contributed by atoms with Crippen molar-refractivity contribution in [2.75, 3.05) is 17.7 Å². The van der Waals surface area contributed by atoms with Gasteiger partial charge in [0.05, 0.1) is 12.3 Å². The highest BCUT2D eigenvalue weighted by Gasteiger charge is 2.22. The number of hydrogen-bond donors (Lipinski definition) is 2. The van der Waals surface area contributed by atoms with Crippen LogP contribution in [0.5, 0.6) is 5.88 Å².